The summed E-state index contributed by atoms with van der Waals surface area (Å²) in [6.07, 6.45) is -6.04. The van der Waals surface area contributed by atoms with Gasteiger partial charge in [0.2, 0.25) is 0 Å². The van der Waals surface area contributed by atoms with E-state index in [0.717, 1.165) is 22.4 Å². The number of benzene rings is 1. The van der Waals surface area contributed by atoms with Crippen molar-refractivity contribution in [1.29, 1.82) is 0 Å². The number of alkyl halides is 3. The lowest BCUT2D eigenvalue weighted by atomic mass is 10.0. The largest absolute Gasteiger partial charge is 0.374 e. The first-order valence-corrected chi connectivity index (χ1v) is 7.94. The molecule has 3 rings (SSSR count). The van der Waals surface area contributed by atoms with Gasteiger partial charge in [0.05, 0.1) is 13.2 Å². The Morgan fingerprint density at radius 2 is 2.00 bits per heavy atom. The molecule has 1 aromatic carbocycles. The topological polar surface area (TPSA) is 73.3 Å². The molecular weight excluding hydrogens is 353 g/mol. The lowest BCUT2D eigenvalue weighted by Crippen LogP contribution is -2.43. The number of rotatable bonds is 6. The number of aromatic amines is 1. The van der Waals surface area contributed by atoms with Gasteiger partial charge < -0.3 is 9.47 Å². The molecule has 0 amide bonds. The van der Waals surface area contributed by atoms with Gasteiger partial charge in [-0.15, -0.1) is 0 Å². The Labute approximate surface area is 146 Å². The summed E-state index contributed by atoms with van der Waals surface area (Å²) in [7, 11) is 0. The maximum atomic E-state index is 14.4. The molecule has 0 bridgehead atoms. The highest BCUT2D eigenvalue weighted by Gasteiger charge is 2.54. The molecule has 3 unspecified atom stereocenters. The fraction of sp³-hybridized carbons (Fsp3) is 0.412. The molecular formula is C17H17F3N2O4. The van der Waals surface area contributed by atoms with Crippen molar-refractivity contribution in [3.05, 3.63) is 69.0 Å². The average Bonchev–Trinajstić information content (AvgIpc) is 2.94. The third-order valence-electron chi connectivity index (χ3n) is 4.19. The van der Waals surface area contributed by atoms with Crippen molar-refractivity contribution in [1.82, 2.24) is 9.55 Å². The Morgan fingerprint density at radius 3 is 2.65 bits per heavy atom. The van der Waals surface area contributed by atoms with E-state index in [1.54, 1.807) is 24.3 Å². The number of H-pyrrole nitrogens is 1. The Morgan fingerprint density at radius 1 is 1.27 bits per heavy atom. The fourth-order valence-electron chi connectivity index (χ4n) is 2.86. The number of nitrogens with one attached hydrogen (secondary N) is 1. The van der Waals surface area contributed by atoms with Crippen molar-refractivity contribution in [2.45, 2.75) is 37.5 Å². The molecule has 140 valence electrons. The standard InChI is InChI=1S/C17H17F3N2O4/c18-12-8-17(15(19)20,10-25-9-11-4-2-1-3-5-11)26-14(12)22-7-6-13(23)21-16(22)24/h1-7,12,14-15H,8-10H2,(H,21,23,24). The average molecular weight is 370 g/mol. The summed E-state index contributed by atoms with van der Waals surface area (Å²) >= 11 is 0. The molecule has 1 aliphatic rings. The summed E-state index contributed by atoms with van der Waals surface area (Å²) in [6.45, 7) is -0.465. The zero-order chi connectivity index (χ0) is 18.7. The van der Waals surface area contributed by atoms with Crippen LogP contribution in [0.15, 0.2) is 52.2 Å². The first kappa shape index (κ1) is 18.4. The van der Waals surface area contributed by atoms with Crippen LogP contribution in [0.3, 0.4) is 0 Å². The molecule has 6 nitrogen and oxygen atoms in total. The van der Waals surface area contributed by atoms with E-state index in [1.165, 1.54) is 0 Å². The van der Waals surface area contributed by atoms with Gasteiger partial charge in [-0.1, -0.05) is 30.3 Å². The molecule has 0 saturated carbocycles. The highest BCUT2D eigenvalue weighted by molar-refractivity contribution is 5.13. The molecule has 0 radical (unpaired) electrons. The lowest BCUT2D eigenvalue weighted by molar-refractivity contribution is -0.182. The second kappa shape index (κ2) is 7.46. The summed E-state index contributed by atoms with van der Waals surface area (Å²) in [5.41, 5.74) is -3.00. The number of hydrogen-bond donors (Lipinski definition) is 1. The van der Waals surface area contributed by atoms with Crippen molar-refractivity contribution in [2.24, 2.45) is 0 Å². The second-order valence-corrected chi connectivity index (χ2v) is 6.09. The van der Waals surface area contributed by atoms with Crippen molar-refractivity contribution < 1.29 is 22.6 Å². The van der Waals surface area contributed by atoms with E-state index in [-0.39, 0.29) is 6.61 Å². The van der Waals surface area contributed by atoms with Crippen molar-refractivity contribution >= 4 is 0 Å². The van der Waals surface area contributed by atoms with Gasteiger partial charge in [-0.2, -0.15) is 0 Å². The highest BCUT2D eigenvalue weighted by Crippen LogP contribution is 2.42. The van der Waals surface area contributed by atoms with Crippen LogP contribution in [0.5, 0.6) is 0 Å². The van der Waals surface area contributed by atoms with Crippen LogP contribution in [-0.2, 0) is 16.1 Å². The van der Waals surface area contributed by atoms with E-state index in [1.807, 2.05) is 11.1 Å². The molecule has 1 fully saturated rings. The minimum atomic E-state index is -3.01. The number of ether oxygens (including phenoxy) is 2. The van der Waals surface area contributed by atoms with Gasteiger partial charge in [-0.3, -0.25) is 14.3 Å². The van der Waals surface area contributed by atoms with Crippen LogP contribution in [0.1, 0.15) is 18.2 Å². The molecule has 2 heterocycles. The Hall–Kier alpha value is -2.39. The third-order valence-corrected chi connectivity index (χ3v) is 4.19. The van der Waals surface area contributed by atoms with Crippen LogP contribution in [0.4, 0.5) is 13.2 Å². The van der Waals surface area contributed by atoms with Gasteiger partial charge in [0.25, 0.3) is 12.0 Å². The van der Waals surface area contributed by atoms with Crippen molar-refractivity contribution in [3.63, 3.8) is 0 Å². The first-order chi connectivity index (χ1) is 12.4. The Kier molecular flexibility index (Phi) is 5.28. The van der Waals surface area contributed by atoms with Crippen LogP contribution < -0.4 is 11.2 Å². The van der Waals surface area contributed by atoms with Crippen molar-refractivity contribution in [2.75, 3.05) is 6.61 Å². The minimum Gasteiger partial charge on any atom is -0.374 e. The molecule has 0 aliphatic carbocycles. The van der Waals surface area contributed by atoms with Crippen LogP contribution in [0, 0.1) is 0 Å². The number of hydrogen-bond acceptors (Lipinski definition) is 4. The van der Waals surface area contributed by atoms with Gasteiger partial charge in [-0.25, -0.2) is 18.0 Å². The molecule has 2 aromatic rings. The normalized spacial score (nSPS) is 25.7. The summed E-state index contributed by atoms with van der Waals surface area (Å²) < 4.78 is 53.0. The van der Waals surface area contributed by atoms with Gasteiger partial charge in [0.1, 0.15) is 6.17 Å². The smallest absolute Gasteiger partial charge is 0.330 e. The molecule has 3 atom stereocenters. The number of halogens is 3. The maximum absolute atomic E-state index is 14.4. The number of nitrogens with zero attached hydrogens (tertiary/aromatic N) is 1. The lowest BCUT2D eigenvalue weighted by Gasteiger charge is -2.28. The Bertz CT molecular complexity index is 855. The Balaban J connectivity index is 1.75. The van der Waals surface area contributed by atoms with Crippen LogP contribution in [0.2, 0.25) is 0 Å². The molecule has 1 aliphatic heterocycles. The first-order valence-electron chi connectivity index (χ1n) is 7.94. The minimum absolute atomic E-state index is 0.0683. The van der Waals surface area contributed by atoms with E-state index >= 15 is 0 Å². The maximum Gasteiger partial charge on any atom is 0.330 e. The van der Waals surface area contributed by atoms with E-state index < -0.39 is 48.7 Å². The fourth-order valence-corrected chi connectivity index (χ4v) is 2.86. The monoisotopic (exact) mass is 370 g/mol. The van der Waals surface area contributed by atoms with Crippen molar-refractivity contribution in [3.8, 4) is 0 Å². The van der Waals surface area contributed by atoms with Crippen LogP contribution in [-0.4, -0.2) is 34.4 Å². The summed E-state index contributed by atoms with van der Waals surface area (Å²) in [5, 5.41) is 0. The highest BCUT2D eigenvalue weighted by atomic mass is 19.3. The molecule has 0 spiro atoms. The van der Waals surface area contributed by atoms with E-state index in [2.05, 4.69) is 0 Å². The molecule has 1 saturated heterocycles. The SMILES string of the molecule is O=c1ccn(C2OC(COCc3ccccc3)(C(F)F)CC2F)c(=O)[nH]1. The summed E-state index contributed by atoms with van der Waals surface area (Å²) in [6, 6.07) is 9.90. The van der Waals surface area contributed by atoms with Gasteiger partial charge in [0, 0.05) is 18.7 Å². The predicted octanol–water partition coefficient (Wildman–Crippen LogP) is 2.01. The van der Waals surface area contributed by atoms with Gasteiger partial charge in [0.15, 0.2) is 11.8 Å². The quantitative estimate of drug-likeness (QED) is 0.844. The zero-order valence-corrected chi connectivity index (χ0v) is 13.6. The predicted molar refractivity (Wildman–Crippen MR) is 85.8 cm³/mol. The summed E-state index contributed by atoms with van der Waals surface area (Å²) in [5.74, 6) is 0. The number of aromatic nitrogens is 2. The second-order valence-electron chi connectivity index (χ2n) is 6.09. The molecule has 9 heteroatoms. The molecule has 26 heavy (non-hydrogen) atoms. The van der Waals surface area contributed by atoms with Gasteiger partial charge >= 0.3 is 5.69 Å². The van der Waals surface area contributed by atoms with Crippen LogP contribution >= 0.6 is 0 Å². The van der Waals surface area contributed by atoms with Gasteiger partial charge in [-0.05, 0) is 5.56 Å². The molecule has 1 N–H and O–H groups in total. The van der Waals surface area contributed by atoms with E-state index in [9.17, 15) is 22.8 Å². The molecule has 1 aromatic heterocycles. The third kappa shape index (κ3) is 3.73. The van der Waals surface area contributed by atoms with Crippen LogP contribution in [0.25, 0.3) is 0 Å². The zero-order valence-electron chi connectivity index (χ0n) is 13.6. The van der Waals surface area contributed by atoms with E-state index in [4.69, 9.17) is 9.47 Å². The summed E-state index contributed by atoms with van der Waals surface area (Å²) in [4.78, 5) is 24.8. The van der Waals surface area contributed by atoms with E-state index in [0.29, 0.717) is 0 Å².